The Kier molecular flexibility index (Phi) is 3.89. The number of nitrogens with one attached hydrogen (secondary N) is 2. The van der Waals surface area contributed by atoms with Crippen LogP contribution in [-0.4, -0.2) is 24.5 Å². The third kappa shape index (κ3) is 3.37. The lowest BCUT2D eigenvalue weighted by Crippen LogP contribution is -2.47. The molecule has 1 heterocycles. The molecule has 1 saturated heterocycles. The van der Waals surface area contributed by atoms with Crippen LogP contribution in [0.5, 0.6) is 5.75 Å². The van der Waals surface area contributed by atoms with Gasteiger partial charge >= 0.3 is 0 Å². The van der Waals surface area contributed by atoms with Crippen molar-refractivity contribution in [2.24, 2.45) is 0 Å². The average Bonchev–Trinajstić information content (AvgIpc) is 2.32. The Hall–Kier alpha value is -2.24. The largest absolute Gasteiger partial charge is 0.494 e. The molecule has 0 radical (unpaired) electrons. The summed E-state index contributed by atoms with van der Waals surface area (Å²) in [5, 5.41) is 5.37. The molecule has 4 N–H and O–H groups in total. The van der Waals surface area contributed by atoms with Crippen LogP contribution < -0.4 is 21.1 Å². The maximum Gasteiger partial charge on any atom is 0.249 e. The van der Waals surface area contributed by atoms with Crippen LogP contribution >= 0.6 is 0 Å². The highest BCUT2D eigenvalue weighted by Crippen LogP contribution is 2.24. The van der Waals surface area contributed by atoms with Crippen LogP contribution in [-0.2, 0) is 9.59 Å². The Balaban J connectivity index is 2.10. The van der Waals surface area contributed by atoms with Gasteiger partial charge in [0, 0.05) is 29.9 Å². The predicted molar refractivity (Wildman–Crippen MR) is 71.8 cm³/mol. The number of benzene rings is 1. The molecule has 1 fully saturated rings. The molecule has 2 rings (SSSR count). The van der Waals surface area contributed by atoms with Gasteiger partial charge in [-0.05, 0) is 19.4 Å². The van der Waals surface area contributed by atoms with Crippen molar-refractivity contribution in [1.82, 2.24) is 5.32 Å². The van der Waals surface area contributed by atoms with E-state index in [9.17, 15) is 9.59 Å². The number of hydrogen-bond acceptors (Lipinski definition) is 5. The Morgan fingerprint density at radius 2 is 2.21 bits per heavy atom. The van der Waals surface area contributed by atoms with E-state index >= 15 is 0 Å². The van der Waals surface area contributed by atoms with E-state index in [-0.39, 0.29) is 11.8 Å². The highest BCUT2D eigenvalue weighted by molar-refractivity contribution is 6.01. The molecule has 1 aromatic rings. The number of imide groups is 1. The van der Waals surface area contributed by atoms with E-state index in [0.717, 1.165) is 0 Å². The molecule has 0 aromatic heterocycles. The monoisotopic (exact) mass is 263 g/mol. The van der Waals surface area contributed by atoms with Crippen molar-refractivity contribution < 1.29 is 14.3 Å². The summed E-state index contributed by atoms with van der Waals surface area (Å²) < 4.78 is 5.39. The van der Waals surface area contributed by atoms with Crippen LogP contribution in [0.1, 0.15) is 19.8 Å². The molecule has 0 aliphatic carbocycles. The third-order valence-corrected chi connectivity index (χ3v) is 2.82. The van der Waals surface area contributed by atoms with Crippen molar-refractivity contribution in [3.05, 3.63) is 18.2 Å². The molecule has 102 valence electrons. The molecule has 0 saturated carbocycles. The van der Waals surface area contributed by atoms with Crippen LogP contribution in [0.2, 0.25) is 0 Å². The fourth-order valence-electron chi connectivity index (χ4n) is 1.99. The van der Waals surface area contributed by atoms with Gasteiger partial charge in [-0.1, -0.05) is 0 Å². The molecule has 1 unspecified atom stereocenters. The number of piperidine rings is 1. The van der Waals surface area contributed by atoms with E-state index in [0.29, 0.717) is 36.6 Å². The Morgan fingerprint density at radius 1 is 1.42 bits per heavy atom. The SMILES string of the molecule is CCOc1cc(N)cc(NC2CCC(=O)NC2=O)c1. The molecule has 1 aliphatic heterocycles. The molecule has 1 aromatic carbocycles. The molecule has 0 bridgehead atoms. The first-order chi connectivity index (χ1) is 9.08. The first kappa shape index (κ1) is 13.2. The number of carbonyl (C=O) groups is 2. The standard InChI is InChI=1S/C13H17N3O3/c1-2-19-10-6-8(14)5-9(7-10)15-11-3-4-12(17)16-13(11)18/h5-7,11,15H,2-4,14H2,1H3,(H,16,17,18). The van der Waals surface area contributed by atoms with Crippen molar-refractivity contribution in [1.29, 1.82) is 0 Å². The van der Waals surface area contributed by atoms with Crippen LogP contribution in [0.3, 0.4) is 0 Å². The molecule has 19 heavy (non-hydrogen) atoms. The van der Waals surface area contributed by atoms with Crippen LogP contribution in [0.4, 0.5) is 11.4 Å². The number of carbonyl (C=O) groups excluding carboxylic acids is 2. The molecule has 6 heteroatoms. The number of nitrogens with two attached hydrogens (primary N) is 1. The van der Waals surface area contributed by atoms with Crippen molar-refractivity contribution >= 4 is 23.2 Å². The average molecular weight is 263 g/mol. The predicted octanol–water partition coefficient (Wildman–Crippen LogP) is 0.885. The number of ether oxygens (including phenoxy) is 1. The van der Waals surface area contributed by atoms with Gasteiger partial charge in [0.15, 0.2) is 0 Å². The maximum absolute atomic E-state index is 11.6. The zero-order valence-corrected chi connectivity index (χ0v) is 10.7. The van der Waals surface area contributed by atoms with Crippen molar-refractivity contribution in [3.63, 3.8) is 0 Å². The van der Waals surface area contributed by atoms with E-state index in [1.54, 1.807) is 18.2 Å². The third-order valence-electron chi connectivity index (χ3n) is 2.82. The molecule has 6 nitrogen and oxygen atoms in total. The van der Waals surface area contributed by atoms with E-state index in [2.05, 4.69) is 10.6 Å². The molecule has 1 aliphatic rings. The second-order valence-corrected chi connectivity index (χ2v) is 4.37. The summed E-state index contributed by atoms with van der Waals surface area (Å²) in [5.74, 6) is 0.111. The van der Waals surface area contributed by atoms with Crippen LogP contribution in [0, 0.1) is 0 Å². The lowest BCUT2D eigenvalue weighted by atomic mass is 10.1. The Bertz CT molecular complexity index is 502. The second kappa shape index (κ2) is 5.60. The second-order valence-electron chi connectivity index (χ2n) is 4.37. The molecular formula is C13H17N3O3. The van der Waals surface area contributed by atoms with E-state index in [4.69, 9.17) is 10.5 Å². The minimum atomic E-state index is -0.422. The molecule has 1 atom stereocenters. The van der Waals surface area contributed by atoms with Crippen molar-refractivity contribution in [3.8, 4) is 5.75 Å². The van der Waals surface area contributed by atoms with Gasteiger partial charge in [-0.15, -0.1) is 0 Å². The summed E-state index contributed by atoms with van der Waals surface area (Å²) in [6.45, 7) is 2.43. The zero-order valence-electron chi connectivity index (χ0n) is 10.7. The quantitative estimate of drug-likeness (QED) is 0.554. The summed E-state index contributed by atoms with van der Waals surface area (Å²) in [6, 6.07) is 4.81. The minimum absolute atomic E-state index is 0.231. The van der Waals surface area contributed by atoms with Crippen LogP contribution in [0.15, 0.2) is 18.2 Å². The molecule has 2 amide bonds. The molecular weight excluding hydrogens is 246 g/mol. The van der Waals surface area contributed by atoms with Gasteiger partial charge in [0.2, 0.25) is 11.8 Å². The van der Waals surface area contributed by atoms with Gasteiger partial charge in [0.25, 0.3) is 0 Å². The lowest BCUT2D eigenvalue weighted by Gasteiger charge is -2.23. The summed E-state index contributed by atoms with van der Waals surface area (Å²) in [5.41, 5.74) is 7.04. The Morgan fingerprint density at radius 3 is 2.89 bits per heavy atom. The number of nitrogen functional groups attached to an aromatic ring is 1. The van der Waals surface area contributed by atoms with Gasteiger partial charge < -0.3 is 15.8 Å². The Labute approximate surface area is 111 Å². The zero-order chi connectivity index (χ0) is 13.8. The summed E-state index contributed by atoms with van der Waals surface area (Å²) in [6.07, 6.45) is 0.813. The fourth-order valence-corrected chi connectivity index (χ4v) is 1.99. The van der Waals surface area contributed by atoms with Crippen LogP contribution in [0.25, 0.3) is 0 Å². The highest BCUT2D eigenvalue weighted by Gasteiger charge is 2.26. The summed E-state index contributed by atoms with van der Waals surface area (Å²) in [7, 11) is 0. The molecule has 0 spiro atoms. The van der Waals surface area contributed by atoms with Gasteiger partial charge in [-0.2, -0.15) is 0 Å². The first-order valence-corrected chi connectivity index (χ1v) is 6.22. The van der Waals surface area contributed by atoms with Gasteiger partial charge in [-0.25, -0.2) is 0 Å². The van der Waals surface area contributed by atoms with Crippen molar-refractivity contribution in [2.45, 2.75) is 25.8 Å². The topological polar surface area (TPSA) is 93.4 Å². The number of rotatable bonds is 4. The van der Waals surface area contributed by atoms with E-state index in [1.165, 1.54) is 0 Å². The maximum atomic E-state index is 11.6. The summed E-state index contributed by atoms with van der Waals surface area (Å²) >= 11 is 0. The van der Waals surface area contributed by atoms with E-state index in [1.807, 2.05) is 6.92 Å². The van der Waals surface area contributed by atoms with Gasteiger partial charge in [-0.3, -0.25) is 14.9 Å². The van der Waals surface area contributed by atoms with Gasteiger partial charge in [0.1, 0.15) is 11.8 Å². The highest BCUT2D eigenvalue weighted by atomic mass is 16.5. The number of anilines is 2. The lowest BCUT2D eigenvalue weighted by molar-refractivity contribution is -0.133. The number of hydrogen-bond donors (Lipinski definition) is 3. The number of amides is 2. The fraction of sp³-hybridized carbons (Fsp3) is 0.385. The van der Waals surface area contributed by atoms with Gasteiger partial charge in [0.05, 0.1) is 6.61 Å². The van der Waals surface area contributed by atoms with E-state index < -0.39 is 6.04 Å². The minimum Gasteiger partial charge on any atom is -0.494 e. The van der Waals surface area contributed by atoms with Crippen molar-refractivity contribution in [2.75, 3.05) is 17.7 Å². The first-order valence-electron chi connectivity index (χ1n) is 6.22. The smallest absolute Gasteiger partial charge is 0.249 e. The summed E-state index contributed by atoms with van der Waals surface area (Å²) in [4.78, 5) is 22.7. The normalized spacial score (nSPS) is 18.9.